The van der Waals surface area contributed by atoms with E-state index in [1.165, 1.54) is 18.3 Å². The third kappa shape index (κ3) is 4.30. The van der Waals surface area contributed by atoms with E-state index in [9.17, 15) is 14.9 Å². The molecule has 0 bridgehead atoms. The molecule has 0 aliphatic carbocycles. The van der Waals surface area contributed by atoms with Crippen molar-refractivity contribution in [3.63, 3.8) is 0 Å². The largest absolute Gasteiger partial charge is 0.378 e. The maximum absolute atomic E-state index is 12.0. The van der Waals surface area contributed by atoms with Gasteiger partial charge in [0.25, 0.3) is 11.6 Å². The van der Waals surface area contributed by atoms with Crippen molar-refractivity contribution in [3.8, 4) is 0 Å². The Kier molecular flexibility index (Phi) is 5.49. The predicted octanol–water partition coefficient (Wildman–Crippen LogP) is 3.08. The highest BCUT2D eigenvalue weighted by Crippen LogP contribution is 2.24. The van der Waals surface area contributed by atoms with Gasteiger partial charge in [-0.2, -0.15) is 5.10 Å². The van der Waals surface area contributed by atoms with E-state index in [-0.39, 0.29) is 16.3 Å². The average Bonchev–Trinajstić information content (AvgIpc) is 2.55. The number of benzene rings is 2. The number of carbonyl (C=O) groups is 1. The molecule has 2 aromatic carbocycles. The van der Waals surface area contributed by atoms with E-state index >= 15 is 0 Å². The van der Waals surface area contributed by atoms with Gasteiger partial charge in [-0.05, 0) is 29.8 Å². The van der Waals surface area contributed by atoms with Crippen molar-refractivity contribution >= 4 is 35.1 Å². The molecule has 1 amide bonds. The van der Waals surface area contributed by atoms with E-state index in [0.717, 1.165) is 17.3 Å². The van der Waals surface area contributed by atoms with Crippen LogP contribution in [0.3, 0.4) is 0 Å². The van der Waals surface area contributed by atoms with Crippen LogP contribution < -0.4 is 10.3 Å². The molecular weight excluding hydrogens is 332 g/mol. The molecule has 0 saturated heterocycles. The van der Waals surface area contributed by atoms with Gasteiger partial charge in [-0.1, -0.05) is 23.7 Å². The zero-order chi connectivity index (χ0) is 17.7. The van der Waals surface area contributed by atoms with E-state index in [2.05, 4.69) is 10.5 Å². The summed E-state index contributed by atoms with van der Waals surface area (Å²) in [6, 6.07) is 11.4. The first-order chi connectivity index (χ1) is 11.4. The SMILES string of the molecule is CN(C)c1ccc(/C=N\NC(=O)c2ccc(Cl)c([N+](=O)[O-])c2)cc1. The Hall–Kier alpha value is -2.93. The van der Waals surface area contributed by atoms with Crippen molar-refractivity contribution in [1.29, 1.82) is 0 Å². The summed E-state index contributed by atoms with van der Waals surface area (Å²) in [5.41, 5.74) is 3.96. The molecule has 0 heterocycles. The molecule has 8 heteroatoms. The number of hydrogen-bond donors (Lipinski definition) is 1. The minimum atomic E-state index is -0.644. The molecule has 0 aromatic heterocycles. The summed E-state index contributed by atoms with van der Waals surface area (Å²) in [6.07, 6.45) is 1.49. The first-order valence-corrected chi connectivity index (χ1v) is 7.31. The summed E-state index contributed by atoms with van der Waals surface area (Å²) in [5.74, 6) is -0.559. The number of nitro benzene ring substituents is 1. The fourth-order valence-corrected chi connectivity index (χ4v) is 2.07. The third-order valence-corrected chi connectivity index (χ3v) is 3.51. The molecule has 0 atom stereocenters. The summed E-state index contributed by atoms with van der Waals surface area (Å²) in [5, 5.41) is 14.6. The van der Waals surface area contributed by atoms with Gasteiger partial charge in [0.05, 0.1) is 11.1 Å². The average molecular weight is 347 g/mol. The molecule has 0 spiro atoms. The van der Waals surface area contributed by atoms with Crippen LogP contribution >= 0.6 is 11.6 Å². The lowest BCUT2D eigenvalue weighted by atomic mass is 10.2. The summed E-state index contributed by atoms with van der Waals surface area (Å²) >= 11 is 5.71. The number of rotatable bonds is 5. The van der Waals surface area contributed by atoms with Crippen LogP contribution in [0, 0.1) is 10.1 Å². The number of nitrogens with one attached hydrogen (secondary N) is 1. The number of anilines is 1. The number of nitrogens with zero attached hydrogens (tertiary/aromatic N) is 3. The fraction of sp³-hybridized carbons (Fsp3) is 0.125. The molecular formula is C16H15ClN4O3. The summed E-state index contributed by atoms with van der Waals surface area (Å²) in [6.45, 7) is 0. The Labute approximate surface area is 143 Å². The number of nitro groups is 1. The quantitative estimate of drug-likeness (QED) is 0.512. The molecule has 2 rings (SSSR count). The van der Waals surface area contributed by atoms with Crippen LogP contribution in [0.2, 0.25) is 5.02 Å². The van der Waals surface area contributed by atoms with E-state index < -0.39 is 10.8 Å². The predicted molar refractivity (Wildman–Crippen MR) is 93.9 cm³/mol. The van der Waals surface area contributed by atoms with Gasteiger partial charge in [0.2, 0.25) is 0 Å². The fourth-order valence-electron chi connectivity index (χ4n) is 1.88. The number of halogens is 1. The molecule has 0 aliphatic rings. The second kappa shape index (κ2) is 7.56. The molecule has 24 heavy (non-hydrogen) atoms. The van der Waals surface area contributed by atoms with Gasteiger partial charge in [-0.25, -0.2) is 5.43 Å². The molecule has 2 aromatic rings. The highest BCUT2D eigenvalue weighted by atomic mass is 35.5. The zero-order valence-electron chi connectivity index (χ0n) is 13.1. The van der Waals surface area contributed by atoms with Crippen molar-refractivity contribution in [2.45, 2.75) is 0 Å². The molecule has 0 fully saturated rings. The van der Waals surface area contributed by atoms with Gasteiger partial charge in [0.15, 0.2) is 0 Å². The number of hydrazone groups is 1. The maximum atomic E-state index is 12.0. The Morgan fingerprint density at radius 3 is 2.50 bits per heavy atom. The van der Waals surface area contributed by atoms with Crippen LogP contribution in [0.1, 0.15) is 15.9 Å². The van der Waals surface area contributed by atoms with Gasteiger partial charge < -0.3 is 4.90 Å². The van der Waals surface area contributed by atoms with Crippen LogP contribution in [-0.2, 0) is 0 Å². The molecule has 0 unspecified atom stereocenters. The highest BCUT2D eigenvalue weighted by Gasteiger charge is 2.15. The topological polar surface area (TPSA) is 87.8 Å². The second-order valence-electron chi connectivity index (χ2n) is 5.11. The van der Waals surface area contributed by atoms with Crippen molar-refractivity contribution in [3.05, 3.63) is 68.7 Å². The molecule has 0 saturated carbocycles. The molecule has 0 radical (unpaired) electrons. The first kappa shape index (κ1) is 17.4. The van der Waals surface area contributed by atoms with Gasteiger partial charge >= 0.3 is 0 Å². The number of carbonyl (C=O) groups excluding carboxylic acids is 1. The Bertz CT molecular complexity index is 788. The lowest BCUT2D eigenvalue weighted by Crippen LogP contribution is -2.17. The van der Waals surface area contributed by atoms with E-state index in [1.54, 1.807) is 0 Å². The third-order valence-electron chi connectivity index (χ3n) is 3.19. The van der Waals surface area contributed by atoms with E-state index in [4.69, 9.17) is 11.6 Å². The lowest BCUT2D eigenvalue weighted by Gasteiger charge is -2.11. The Morgan fingerprint density at radius 2 is 1.92 bits per heavy atom. The van der Waals surface area contributed by atoms with Gasteiger partial charge in [0, 0.05) is 31.4 Å². The zero-order valence-corrected chi connectivity index (χ0v) is 13.8. The highest BCUT2D eigenvalue weighted by molar-refractivity contribution is 6.32. The first-order valence-electron chi connectivity index (χ1n) is 6.93. The minimum Gasteiger partial charge on any atom is -0.378 e. The van der Waals surface area contributed by atoms with Crippen LogP contribution in [0.4, 0.5) is 11.4 Å². The van der Waals surface area contributed by atoms with Crippen LogP contribution in [-0.4, -0.2) is 31.1 Å². The normalized spacial score (nSPS) is 10.6. The Balaban J connectivity index is 2.05. The summed E-state index contributed by atoms with van der Waals surface area (Å²) < 4.78 is 0. The number of hydrogen-bond acceptors (Lipinski definition) is 5. The van der Waals surface area contributed by atoms with Crippen molar-refractivity contribution in [1.82, 2.24) is 5.43 Å². The van der Waals surface area contributed by atoms with Crippen LogP contribution in [0.5, 0.6) is 0 Å². The molecule has 7 nitrogen and oxygen atoms in total. The van der Waals surface area contributed by atoms with Crippen molar-refractivity contribution in [2.24, 2.45) is 5.10 Å². The van der Waals surface area contributed by atoms with Gasteiger partial charge in [-0.3, -0.25) is 14.9 Å². The summed E-state index contributed by atoms with van der Waals surface area (Å²) in [4.78, 5) is 24.1. The monoisotopic (exact) mass is 346 g/mol. The number of amides is 1. The summed E-state index contributed by atoms with van der Waals surface area (Å²) in [7, 11) is 3.88. The second-order valence-corrected chi connectivity index (χ2v) is 5.52. The van der Waals surface area contributed by atoms with Gasteiger partial charge in [-0.15, -0.1) is 0 Å². The smallest absolute Gasteiger partial charge is 0.288 e. The van der Waals surface area contributed by atoms with Crippen LogP contribution in [0.15, 0.2) is 47.6 Å². The Morgan fingerprint density at radius 1 is 1.25 bits per heavy atom. The van der Waals surface area contributed by atoms with E-state index in [1.807, 2.05) is 43.3 Å². The standard InChI is InChI=1S/C16H15ClN4O3/c1-20(2)13-6-3-11(4-7-13)10-18-19-16(22)12-5-8-14(17)15(9-12)21(23)24/h3-10H,1-2H3,(H,19,22)/b18-10-. The molecule has 0 aliphatic heterocycles. The maximum Gasteiger partial charge on any atom is 0.288 e. The minimum absolute atomic E-state index is 0.0268. The lowest BCUT2D eigenvalue weighted by molar-refractivity contribution is -0.384. The van der Waals surface area contributed by atoms with Crippen molar-refractivity contribution < 1.29 is 9.72 Å². The molecule has 124 valence electrons. The van der Waals surface area contributed by atoms with Crippen molar-refractivity contribution in [2.75, 3.05) is 19.0 Å². The van der Waals surface area contributed by atoms with E-state index in [0.29, 0.717) is 0 Å². The molecule has 1 N–H and O–H groups in total. The van der Waals surface area contributed by atoms with Gasteiger partial charge in [0.1, 0.15) is 5.02 Å². The van der Waals surface area contributed by atoms with Crippen LogP contribution in [0.25, 0.3) is 0 Å².